The normalized spacial score (nSPS) is 15.9. The van der Waals surface area contributed by atoms with Crippen LogP contribution >= 0.6 is 0 Å². The molecule has 0 unspecified atom stereocenters. The second-order valence-corrected chi connectivity index (χ2v) is 14.8. The molecule has 0 radical (unpaired) electrons. The first-order valence-corrected chi connectivity index (χ1v) is 16.4. The molecule has 0 aromatic heterocycles. The van der Waals surface area contributed by atoms with Gasteiger partial charge in [0.2, 0.25) is 0 Å². The monoisotopic (exact) mass is 618 g/mol. The van der Waals surface area contributed by atoms with E-state index >= 15 is 0 Å². The molecule has 4 rings (SSSR count). The molecule has 0 N–H and O–H groups in total. The molecule has 0 bridgehead atoms. The van der Waals surface area contributed by atoms with Crippen LogP contribution in [0.4, 0.5) is 8.78 Å². The zero-order valence-corrected chi connectivity index (χ0v) is 28.6. The first-order chi connectivity index (χ1) is 21.2. The molecular weight excluding hydrogens is 566 g/mol. The van der Waals surface area contributed by atoms with Crippen LogP contribution in [-0.4, -0.2) is 55.5 Å². The molecule has 1 saturated heterocycles. The maximum Gasteiger partial charge on any atom is 0.253 e. The summed E-state index contributed by atoms with van der Waals surface area (Å²) in [4.78, 5) is 18.3. The van der Waals surface area contributed by atoms with Gasteiger partial charge in [-0.1, -0.05) is 78.6 Å². The molecule has 4 nitrogen and oxygen atoms in total. The minimum atomic E-state index is -0.249. The lowest BCUT2D eigenvalue weighted by Gasteiger charge is -2.31. The van der Waals surface area contributed by atoms with E-state index in [1.165, 1.54) is 24.3 Å². The van der Waals surface area contributed by atoms with Crippen LogP contribution in [0.5, 0.6) is 5.75 Å². The van der Waals surface area contributed by atoms with E-state index in [-0.39, 0.29) is 40.3 Å². The third-order valence-electron chi connectivity index (χ3n) is 9.28. The SMILES string of the molecule is COc1c(C(C)(C)C)cc(C(=O)N(C)[C@H]2CCN(CCCCCC(c3ccc(F)cc3)c3ccc(F)cc3)C2)cc1C(C)(C)C. The molecule has 45 heavy (non-hydrogen) atoms. The number of rotatable bonds is 11. The lowest BCUT2D eigenvalue weighted by Crippen LogP contribution is -2.39. The lowest BCUT2D eigenvalue weighted by molar-refractivity contribution is 0.0735. The number of benzene rings is 3. The van der Waals surface area contributed by atoms with Gasteiger partial charge in [0.15, 0.2) is 0 Å². The Morgan fingerprint density at radius 3 is 1.84 bits per heavy atom. The minimum absolute atomic E-state index is 0.0631. The quantitative estimate of drug-likeness (QED) is 0.201. The molecule has 0 aliphatic carbocycles. The molecular formula is C39H52F2N2O2. The smallest absolute Gasteiger partial charge is 0.253 e. The average Bonchev–Trinajstić information content (AvgIpc) is 3.47. The number of likely N-dealkylation sites (tertiary alicyclic amines) is 1. The van der Waals surface area contributed by atoms with E-state index in [9.17, 15) is 13.6 Å². The van der Waals surface area contributed by atoms with Crippen LogP contribution in [0.1, 0.15) is 112 Å². The molecule has 0 spiro atoms. The van der Waals surface area contributed by atoms with Gasteiger partial charge in [-0.25, -0.2) is 8.78 Å². The van der Waals surface area contributed by atoms with Crippen molar-refractivity contribution in [3.63, 3.8) is 0 Å². The van der Waals surface area contributed by atoms with Crippen molar-refractivity contribution in [3.8, 4) is 5.75 Å². The average molecular weight is 619 g/mol. The highest BCUT2D eigenvalue weighted by Crippen LogP contribution is 2.41. The molecule has 3 aromatic carbocycles. The topological polar surface area (TPSA) is 32.8 Å². The Labute approximate surface area is 269 Å². The Bertz CT molecular complexity index is 1340. The number of amides is 1. The van der Waals surface area contributed by atoms with Crippen molar-refractivity contribution < 1.29 is 18.3 Å². The van der Waals surface area contributed by atoms with E-state index in [4.69, 9.17) is 4.74 Å². The van der Waals surface area contributed by atoms with Crippen molar-refractivity contribution in [1.82, 2.24) is 9.80 Å². The van der Waals surface area contributed by atoms with Crippen molar-refractivity contribution in [1.29, 1.82) is 0 Å². The number of unbranched alkanes of at least 4 members (excludes halogenated alkanes) is 2. The van der Waals surface area contributed by atoms with Gasteiger partial charge >= 0.3 is 0 Å². The van der Waals surface area contributed by atoms with Crippen LogP contribution in [0.25, 0.3) is 0 Å². The van der Waals surface area contributed by atoms with Gasteiger partial charge in [0.25, 0.3) is 5.91 Å². The van der Waals surface area contributed by atoms with Crippen LogP contribution < -0.4 is 4.74 Å². The van der Waals surface area contributed by atoms with E-state index in [1.54, 1.807) is 7.11 Å². The second kappa shape index (κ2) is 14.5. The molecule has 1 fully saturated rings. The van der Waals surface area contributed by atoms with Gasteiger partial charge in [-0.3, -0.25) is 4.79 Å². The molecule has 1 heterocycles. The number of ether oxygens (including phenoxy) is 1. The first-order valence-electron chi connectivity index (χ1n) is 16.4. The number of likely N-dealkylation sites (N-methyl/N-ethyl adjacent to an activating group) is 1. The van der Waals surface area contributed by atoms with E-state index in [0.29, 0.717) is 0 Å². The zero-order chi connectivity index (χ0) is 32.9. The number of halogens is 2. The Kier molecular flexibility index (Phi) is 11.1. The predicted octanol–water partition coefficient (Wildman–Crippen LogP) is 9.11. The van der Waals surface area contributed by atoms with Crippen molar-refractivity contribution >= 4 is 5.91 Å². The maximum atomic E-state index is 13.9. The van der Waals surface area contributed by atoms with E-state index in [0.717, 1.165) is 85.3 Å². The van der Waals surface area contributed by atoms with Gasteiger partial charge in [0.1, 0.15) is 17.4 Å². The number of nitrogens with zero attached hydrogens (tertiary/aromatic N) is 2. The largest absolute Gasteiger partial charge is 0.496 e. The third-order valence-corrected chi connectivity index (χ3v) is 9.28. The molecule has 1 atom stereocenters. The van der Waals surface area contributed by atoms with Gasteiger partial charge in [-0.2, -0.15) is 0 Å². The summed E-state index contributed by atoms with van der Waals surface area (Å²) in [6.07, 6.45) is 5.07. The molecule has 1 amide bonds. The highest BCUT2D eigenvalue weighted by Gasteiger charge is 2.32. The van der Waals surface area contributed by atoms with Crippen molar-refractivity contribution in [2.24, 2.45) is 0 Å². The van der Waals surface area contributed by atoms with Gasteiger partial charge in [-0.05, 0) is 84.2 Å². The standard InChI is InChI=1S/C39H52F2N2O2/c1-38(2,3)34-24-29(25-35(36(34)45-8)39(4,5)6)37(44)42(7)32-21-23-43(26-32)22-11-9-10-12-33(27-13-17-30(40)18-14-27)28-15-19-31(41)20-16-28/h13-20,24-25,32-33H,9-12,21-23,26H2,1-8H3/t32-/m0/s1. The van der Waals surface area contributed by atoms with E-state index in [1.807, 2.05) is 48.3 Å². The van der Waals surface area contributed by atoms with Gasteiger partial charge in [-0.15, -0.1) is 0 Å². The van der Waals surface area contributed by atoms with Crippen molar-refractivity contribution in [3.05, 3.63) is 100 Å². The molecule has 1 aliphatic heterocycles. The molecule has 0 saturated carbocycles. The van der Waals surface area contributed by atoms with Crippen molar-refractivity contribution in [2.45, 2.75) is 96.4 Å². The highest BCUT2D eigenvalue weighted by molar-refractivity contribution is 5.95. The maximum absolute atomic E-state index is 13.9. The Hall–Kier alpha value is -3.25. The highest BCUT2D eigenvalue weighted by atomic mass is 19.1. The summed E-state index contributed by atoms with van der Waals surface area (Å²) in [6, 6.07) is 17.6. The van der Waals surface area contributed by atoms with Gasteiger partial charge < -0.3 is 14.5 Å². The van der Waals surface area contributed by atoms with Crippen LogP contribution in [0, 0.1) is 11.6 Å². The molecule has 1 aliphatic rings. The third kappa shape index (κ3) is 8.72. The fourth-order valence-electron chi connectivity index (χ4n) is 6.56. The predicted molar refractivity (Wildman–Crippen MR) is 180 cm³/mol. The summed E-state index contributed by atoms with van der Waals surface area (Å²) in [5.41, 5.74) is 4.62. The van der Waals surface area contributed by atoms with Gasteiger partial charge in [0.05, 0.1) is 7.11 Å². The van der Waals surface area contributed by atoms with Crippen molar-refractivity contribution in [2.75, 3.05) is 33.8 Å². The lowest BCUT2D eigenvalue weighted by atomic mass is 9.78. The summed E-state index contributed by atoms with van der Waals surface area (Å²) in [7, 11) is 3.66. The fraction of sp³-hybridized carbons (Fsp3) is 0.513. The Balaban J connectivity index is 1.33. The Morgan fingerprint density at radius 2 is 1.38 bits per heavy atom. The second-order valence-electron chi connectivity index (χ2n) is 14.8. The summed E-state index contributed by atoms with van der Waals surface area (Å²) < 4.78 is 33.1. The van der Waals surface area contributed by atoms with Crippen LogP contribution in [0.2, 0.25) is 0 Å². The summed E-state index contributed by atoms with van der Waals surface area (Å²) in [6.45, 7) is 15.8. The number of carbonyl (C=O) groups is 1. The zero-order valence-electron chi connectivity index (χ0n) is 28.6. The fourth-order valence-corrected chi connectivity index (χ4v) is 6.56. The number of hydrogen-bond donors (Lipinski definition) is 0. The number of methoxy groups -OCH3 is 1. The van der Waals surface area contributed by atoms with Crippen LogP contribution in [0.15, 0.2) is 60.7 Å². The minimum Gasteiger partial charge on any atom is -0.496 e. The molecule has 3 aromatic rings. The number of hydrogen-bond acceptors (Lipinski definition) is 3. The van der Waals surface area contributed by atoms with E-state index < -0.39 is 0 Å². The van der Waals surface area contributed by atoms with Gasteiger partial charge in [0, 0.05) is 48.8 Å². The summed E-state index contributed by atoms with van der Waals surface area (Å²) in [5, 5.41) is 0. The Morgan fingerprint density at radius 1 is 0.867 bits per heavy atom. The van der Waals surface area contributed by atoms with Crippen LogP contribution in [-0.2, 0) is 10.8 Å². The molecule has 6 heteroatoms. The molecule has 244 valence electrons. The van der Waals surface area contributed by atoms with Crippen LogP contribution in [0.3, 0.4) is 0 Å². The first kappa shape index (κ1) is 34.6. The summed E-state index contributed by atoms with van der Waals surface area (Å²) in [5.74, 6) is 0.552. The van der Waals surface area contributed by atoms with E-state index in [2.05, 4.69) is 46.4 Å². The number of carbonyl (C=O) groups excluding carboxylic acids is 1. The summed E-state index contributed by atoms with van der Waals surface area (Å²) >= 11 is 0.